The topological polar surface area (TPSA) is 302 Å². The summed E-state index contributed by atoms with van der Waals surface area (Å²) in [7, 11) is 1.88. The fourth-order valence-electron chi connectivity index (χ4n) is 1.52. The molecule has 0 saturated carbocycles. The van der Waals surface area contributed by atoms with Crippen LogP contribution in [0, 0.1) is 40.5 Å². The van der Waals surface area contributed by atoms with E-state index in [1.54, 1.807) is 17.3 Å². The smallest absolute Gasteiger partial charge is 0.459 e. The molecule has 0 aromatic carbocycles. The van der Waals surface area contributed by atoms with Gasteiger partial charge in [0.15, 0.2) is 0 Å². The van der Waals surface area contributed by atoms with Gasteiger partial charge in [-0.1, -0.05) is 0 Å². The van der Waals surface area contributed by atoms with Crippen LogP contribution in [0.3, 0.4) is 0 Å². The lowest BCUT2D eigenvalue weighted by atomic mass is 10.7. The number of hydrogen-bond acceptors (Lipinski definition) is 13. The van der Waals surface area contributed by atoms with Crippen LogP contribution in [-0.4, -0.2) is 59.9 Å². The van der Waals surface area contributed by atoms with Gasteiger partial charge in [0.2, 0.25) is 12.1 Å². The molecule has 0 amide bonds. The quantitative estimate of drug-likeness (QED) is 0.186. The summed E-state index contributed by atoms with van der Waals surface area (Å²) in [5.41, 5.74) is 0. The number of imidazole rings is 2. The van der Waals surface area contributed by atoms with Crippen LogP contribution in [0.1, 0.15) is 0 Å². The molecule has 0 radical (unpaired) electrons. The zero-order valence-electron chi connectivity index (χ0n) is 16.1. The van der Waals surface area contributed by atoms with E-state index in [-0.39, 0.29) is 0 Å². The fourth-order valence-corrected chi connectivity index (χ4v) is 1.52. The Morgan fingerprint density at radius 3 is 1.88 bits per heavy atom. The molecule has 0 saturated heterocycles. The first-order valence-electron chi connectivity index (χ1n) is 7.86. The van der Waals surface area contributed by atoms with Crippen molar-refractivity contribution < 1.29 is 24.4 Å². The fraction of sp³-hybridized carbons (Fsp3) is 0.0909. The van der Waals surface area contributed by atoms with Crippen LogP contribution < -0.4 is 9.67 Å². The number of aryl methyl sites for hydroxylation is 1. The highest BCUT2D eigenvalue weighted by Crippen LogP contribution is 2.20. The first-order chi connectivity index (χ1) is 15.6. The third-order valence-electron chi connectivity index (χ3n) is 2.77. The van der Waals surface area contributed by atoms with E-state index in [1.165, 1.54) is 12.7 Å². The molecule has 0 fully saturated rings. The van der Waals surface area contributed by atoms with E-state index >= 15 is 0 Å². The van der Waals surface area contributed by atoms with E-state index in [9.17, 15) is 40.5 Å². The molecule has 22 heteroatoms. The maximum atomic E-state index is 10.0. The molecule has 4 rings (SSSR count). The largest absolute Gasteiger partial charge is 0.462 e. The minimum absolute atomic E-state index is 0.699. The molecule has 0 aliphatic heterocycles. The predicted octanol–water partition coefficient (Wildman–Crippen LogP) is -0.880. The Morgan fingerprint density at radius 1 is 0.879 bits per heavy atom. The second kappa shape index (κ2) is 12.8. The van der Waals surface area contributed by atoms with Gasteiger partial charge in [0.1, 0.15) is 26.0 Å². The molecule has 174 valence electrons. The number of hydrogen-bond donors (Lipinski definition) is 3. The van der Waals surface area contributed by atoms with E-state index in [0.717, 1.165) is 12.7 Å². The summed E-state index contributed by atoms with van der Waals surface area (Å²) in [4.78, 5) is 54.9. The van der Waals surface area contributed by atoms with Gasteiger partial charge in [-0.25, -0.2) is 9.97 Å². The summed E-state index contributed by atoms with van der Waals surface area (Å²) < 4.78 is 1.76. The van der Waals surface area contributed by atoms with Crippen LogP contribution in [-0.2, 0) is 7.05 Å². The second-order valence-corrected chi connectivity index (χ2v) is 4.91. The van der Waals surface area contributed by atoms with Gasteiger partial charge in [-0.2, -0.15) is 29.8 Å². The van der Waals surface area contributed by atoms with E-state index in [1.807, 2.05) is 12.0 Å². The highest BCUT2D eigenvalue weighted by atomic mass is 16.6. The minimum atomic E-state index is -0.953. The van der Waals surface area contributed by atoms with Crippen LogP contribution >= 0.6 is 0 Å². The highest BCUT2D eigenvalue weighted by Gasteiger charge is 2.26. The molecule has 0 unspecified atom stereocenters. The maximum Gasteiger partial charge on any atom is 0.462 e. The molecule has 0 aliphatic rings. The van der Waals surface area contributed by atoms with Gasteiger partial charge in [-0.3, -0.25) is 5.10 Å². The lowest BCUT2D eigenvalue weighted by molar-refractivity contribution is -0.728. The van der Waals surface area contributed by atoms with Gasteiger partial charge >= 0.3 is 23.8 Å². The van der Waals surface area contributed by atoms with Crippen LogP contribution in [0.4, 0.5) is 23.3 Å². The van der Waals surface area contributed by atoms with Gasteiger partial charge in [0, 0.05) is 4.98 Å². The Bertz CT molecular complexity index is 1010. The van der Waals surface area contributed by atoms with Crippen LogP contribution in [0.5, 0.6) is 0 Å². The van der Waals surface area contributed by atoms with Crippen molar-refractivity contribution in [1.82, 2.24) is 45.2 Å². The average Bonchev–Trinajstić information content (AvgIpc) is 3.57. The molecule has 4 aromatic heterocycles. The second-order valence-electron chi connectivity index (χ2n) is 4.91. The third kappa shape index (κ3) is 8.68. The minimum Gasteiger partial charge on any atom is -0.459 e. The molecule has 4 aromatic rings. The standard InChI is InChI=1S/C3H2N4O4.C3HN4O4.C3H5N3.C2H3N3/c2*8-6(9)2-3(7(10)11)5-1-4-2;1-6-3-4-2-5-6;1-3-2-5-4-1/h1H,(H,4,5);1H;2-3H,1H3;1-2H,(H,3,4,5)/q;-1;;/p+1. The van der Waals surface area contributed by atoms with E-state index < -0.39 is 43.0 Å². The third-order valence-corrected chi connectivity index (χ3v) is 2.77. The summed E-state index contributed by atoms with van der Waals surface area (Å²) in [6.07, 6.45) is 7.95. The number of aromatic amines is 3. The molecular formula is C11H12N14O8. The number of rotatable bonds is 4. The normalized spacial score (nSPS) is 9.12. The maximum absolute atomic E-state index is 10.0. The monoisotopic (exact) mass is 468 g/mol. The number of nitrogens with one attached hydrogen (secondary N) is 3. The molecule has 0 spiro atoms. The Morgan fingerprint density at radius 2 is 1.58 bits per heavy atom. The zero-order valence-corrected chi connectivity index (χ0v) is 16.1. The van der Waals surface area contributed by atoms with Crippen molar-refractivity contribution in [2.24, 2.45) is 7.05 Å². The summed E-state index contributed by atoms with van der Waals surface area (Å²) in [6, 6.07) is 0. The summed E-state index contributed by atoms with van der Waals surface area (Å²) >= 11 is 0. The van der Waals surface area contributed by atoms with Crippen molar-refractivity contribution in [3.05, 3.63) is 78.4 Å². The molecule has 3 N–H and O–H groups in total. The summed E-state index contributed by atoms with van der Waals surface area (Å²) in [5.74, 6) is -3.12. The van der Waals surface area contributed by atoms with Crippen molar-refractivity contribution in [1.29, 1.82) is 0 Å². The van der Waals surface area contributed by atoms with Crippen molar-refractivity contribution in [3.63, 3.8) is 0 Å². The Labute approximate surface area is 179 Å². The molecule has 4 heterocycles. The number of aromatic nitrogens is 10. The number of nitrogens with zero attached hydrogens (tertiary/aromatic N) is 11. The van der Waals surface area contributed by atoms with Crippen molar-refractivity contribution in [2.75, 3.05) is 0 Å². The van der Waals surface area contributed by atoms with Crippen LogP contribution in [0.15, 0.2) is 38.0 Å². The molecule has 22 nitrogen and oxygen atoms in total. The van der Waals surface area contributed by atoms with Crippen LogP contribution in [0.2, 0.25) is 0 Å². The SMILES string of the molecule is C[n+]1cnc[nH]1.O=[N+]([O-])c1nc[n-]c1[N+](=O)[O-].O=[N+]([O-])c1nc[nH]c1[N+](=O)[O-].c1nc[nH]n1. The van der Waals surface area contributed by atoms with Crippen molar-refractivity contribution in [2.45, 2.75) is 0 Å². The van der Waals surface area contributed by atoms with E-state index in [0.29, 0.717) is 0 Å². The first-order valence-corrected chi connectivity index (χ1v) is 7.86. The van der Waals surface area contributed by atoms with E-state index in [2.05, 4.69) is 40.2 Å². The van der Waals surface area contributed by atoms with Gasteiger partial charge in [-0.05, 0) is 19.8 Å². The van der Waals surface area contributed by atoms with E-state index in [4.69, 9.17) is 0 Å². The van der Waals surface area contributed by atoms with Gasteiger partial charge in [-0.15, -0.1) is 0 Å². The molecule has 33 heavy (non-hydrogen) atoms. The summed E-state index contributed by atoms with van der Waals surface area (Å²) in [5, 5.41) is 48.8. The van der Waals surface area contributed by atoms with Crippen molar-refractivity contribution >= 4 is 23.3 Å². The van der Waals surface area contributed by atoms with Gasteiger partial charge in [0.25, 0.3) is 6.33 Å². The number of nitro groups is 4. The van der Waals surface area contributed by atoms with Gasteiger partial charge in [0.05, 0.1) is 0 Å². The van der Waals surface area contributed by atoms with Crippen molar-refractivity contribution in [3.8, 4) is 0 Å². The zero-order chi connectivity index (χ0) is 24.8. The lowest BCUT2D eigenvalue weighted by Crippen LogP contribution is -2.27. The molecule has 0 atom stereocenters. The molecular weight excluding hydrogens is 456 g/mol. The highest BCUT2D eigenvalue weighted by molar-refractivity contribution is 5.38. The molecule has 0 aliphatic carbocycles. The Balaban J connectivity index is 0.000000231. The predicted molar refractivity (Wildman–Crippen MR) is 98.9 cm³/mol. The van der Waals surface area contributed by atoms with Crippen LogP contribution in [0.25, 0.3) is 0 Å². The lowest BCUT2D eigenvalue weighted by Gasteiger charge is -2.00. The Kier molecular flexibility index (Phi) is 9.81. The molecule has 0 bridgehead atoms. The first kappa shape index (κ1) is 25.3. The number of H-pyrrole nitrogens is 3. The average molecular weight is 468 g/mol. The summed E-state index contributed by atoms with van der Waals surface area (Å²) in [6.45, 7) is 0. The van der Waals surface area contributed by atoms with Gasteiger partial charge < -0.3 is 40.5 Å². The Hall–Kier alpha value is -5.70.